The zero-order chi connectivity index (χ0) is 19.4. The molecule has 3 aromatic rings. The molecule has 0 aliphatic carbocycles. The largest absolute Gasteiger partial charge is 0.273 e. The summed E-state index contributed by atoms with van der Waals surface area (Å²) in [6.45, 7) is 6.21. The number of rotatable bonds is 7. The molecule has 0 N–H and O–H groups in total. The van der Waals surface area contributed by atoms with Crippen LogP contribution >= 0.6 is 11.8 Å². The standard InChI is InChI=1S/C20H23N3O2S2/c1-15(2)13-26-20-22-21-19(23(20)17-7-5-4-6-8-17)14-27(24,25)18-11-9-16(3)10-12-18/h4-12,15H,13-14H2,1-3H3. The highest BCUT2D eigenvalue weighted by molar-refractivity contribution is 7.99. The van der Waals surface area contributed by atoms with Crippen LogP contribution in [0.2, 0.25) is 0 Å². The molecule has 0 saturated heterocycles. The van der Waals surface area contributed by atoms with Crippen molar-refractivity contribution in [1.82, 2.24) is 14.8 Å². The minimum atomic E-state index is -3.51. The summed E-state index contributed by atoms with van der Waals surface area (Å²) in [6, 6.07) is 16.5. The van der Waals surface area contributed by atoms with Gasteiger partial charge >= 0.3 is 0 Å². The molecule has 0 fully saturated rings. The second-order valence-electron chi connectivity index (χ2n) is 6.85. The maximum Gasteiger partial charge on any atom is 0.195 e. The van der Waals surface area contributed by atoms with Gasteiger partial charge in [0, 0.05) is 11.4 Å². The molecule has 1 aromatic heterocycles. The molecular formula is C20H23N3O2S2. The van der Waals surface area contributed by atoms with Crippen molar-refractivity contribution < 1.29 is 8.42 Å². The van der Waals surface area contributed by atoms with Crippen molar-refractivity contribution >= 4 is 21.6 Å². The first-order chi connectivity index (χ1) is 12.9. The van der Waals surface area contributed by atoms with Gasteiger partial charge in [-0.25, -0.2) is 8.42 Å². The second-order valence-corrected chi connectivity index (χ2v) is 9.82. The van der Waals surface area contributed by atoms with Gasteiger partial charge in [-0.15, -0.1) is 10.2 Å². The minimum absolute atomic E-state index is 0.194. The van der Waals surface area contributed by atoms with Crippen LogP contribution in [0.1, 0.15) is 25.2 Å². The van der Waals surface area contributed by atoms with E-state index in [9.17, 15) is 8.42 Å². The average Bonchev–Trinajstić information content (AvgIpc) is 3.03. The van der Waals surface area contributed by atoms with Crippen molar-refractivity contribution in [2.24, 2.45) is 5.92 Å². The van der Waals surface area contributed by atoms with E-state index < -0.39 is 9.84 Å². The molecule has 142 valence electrons. The monoisotopic (exact) mass is 401 g/mol. The van der Waals surface area contributed by atoms with Gasteiger partial charge in [0.05, 0.1) is 4.90 Å². The first kappa shape index (κ1) is 19.6. The van der Waals surface area contributed by atoms with Crippen molar-refractivity contribution in [3.05, 3.63) is 66.0 Å². The van der Waals surface area contributed by atoms with Crippen LogP contribution in [0.15, 0.2) is 64.6 Å². The minimum Gasteiger partial charge on any atom is -0.273 e. The fraction of sp³-hybridized carbons (Fsp3) is 0.300. The SMILES string of the molecule is Cc1ccc(S(=O)(=O)Cc2nnc(SCC(C)C)n2-c2ccccc2)cc1. The van der Waals surface area contributed by atoms with E-state index in [1.165, 1.54) is 0 Å². The maximum absolute atomic E-state index is 12.9. The molecule has 0 aliphatic rings. The third-order valence-electron chi connectivity index (χ3n) is 3.96. The van der Waals surface area contributed by atoms with Gasteiger partial charge in [-0.2, -0.15) is 0 Å². The van der Waals surface area contributed by atoms with E-state index >= 15 is 0 Å². The van der Waals surface area contributed by atoms with Crippen LogP contribution in [-0.2, 0) is 15.6 Å². The van der Waals surface area contributed by atoms with Gasteiger partial charge in [-0.05, 0) is 37.1 Å². The quantitative estimate of drug-likeness (QED) is 0.552. The molecule has 7 heteroatoms. The van der Waals surface area contributed by atoms with Crippen LogP contribution in [-0.4, -0.2) is 28.9 Å². The number of thioether (sulfide) groups is 1. The van der Waals surface area contributed by atoms with E-state index in [2.05, 4.69) is 24.0 Å². The van der Waals surface area contributed by atoms with Gasteiger partial charge in [-0.3, -0.25) is 4.57 Å². The Labute approximate surface area is 164 Å². The number of hydrogen-bond acceptors (Lipinski definition) is 5. The number of nitrogens with zero attached hydrogens (tertiary/aromatic N) is 3. The van der Waals surface area contributed by atoms with Gasteiger partial charge in [0.2, 0.25) is 0 Å². The fourth-order valence-electron chi connectivity index (χ4n) is 2.56. The van der Waals surface area contributed by atoms with Crippen LogP contribution in [0.3, 0.4) is 0 Å². The lowest BCUT2D eigenvalue weighted by Gasteiger charge is -2.11. The summed E-state index contributed by atoms with van der Waals surface area (Å²) in [7, 11) is -3.51. The molecule has 0 aliphatic heterocycles. The van der Waals surface area contributed by atoms with E-state index in [-0.39, 0.29) is 5.75 Å². The lowest BCUT2D eigenvalue weighted by atomic mass is 10.2. The number of benzene rings is 2. The Bertz CT molecular complexity index is 995. The van der Waals surface area contributed by atoms with E-state index in [1.807, 2.05) is 41.8 Å². The third-order valence-corrected chi connectivity index (χ3v) is 6.94. The number of hydrogen-bond donors (Lipinski definition) is 0. The summed E-state index contributed by atoms with van der Waals surface area (Å²) in [5.74, 6) is 1.61. The average molecular weight is 402 g/mol. The molecule has 0 bridgehead atoms. The number of aromatic nitrogens is 3. The Morgan fingerprint density at radius 3 is 2.30 bits per heavy atom. The summed E-state index contributed by atoms with van der Waals surface area (Å²) in [5.41, 5.74) is 1.89. The Kier molecular flexibility index (Phi) is 6.01. The topological polar surface area (TPSA) is 64.8 Å². The fourth-order valence-corrected chi connectivity index (χ4v) is 4.73. The molecule has 0 spiro atoms. The smallest absolute Gasteiger partial charge is 0.195 e. The molecule has 0 saturated carbocycles. The van der Waals surface area contributed by atoms with Crippen molar-refractivity contribution in [2.45, 2.75) is 36.6 Å². The highest BCUT2D eigenvalue weighted by Crippen LogP contribution is 2.26. The van der Waals surface area contributed by atoms with Crippen LogP contribution < -0.4 is 0 Å². The molecule has 0 atom stereocenters. The van der Waals surface area contributed by atoms with Crippen molar-refractivity contribution in [3.8, 4) is 5.69 Å². The van der Waals surface area contributed by atoms with E-state index in [1.54, 1.807) is 36.0 Å². The van der Waals surface area contributed by atoms with Crippen molar-refractivity contribution in [1.29, 1.82) is 0 Å². The van der Waals surface area contributed by atoms with Gasteiger partial charge < -0.3 is 0 Å². The molecule has 1 heterocycles. The summed E-state index contributed by atoms with van der Waals surface area (Å²) in [4.78, 5) is 0.298. The van der Waals surface area contributed by atoms with E-state index in [4.69, 9.17) is 0 Å². The van der Waals surface area contributed by atoms with Gasteiger partial charge in [0.25, 0.3) is 0 Å². The van der Waals surface area contributed by atoms with Crippen molar-refractivity contribution in [3.63, 3.8) is 0 Å². The van der Waals surface area contributed by atoms with Crippen molar-refractivity contribution in [2.75, 3.05) is 5.75 Å². The molecule has 5 nitrogen and oxygen atoms in total. The predicted octanol–water partition coefficient (Wildman–Crippen LogP) is 4.30. The lowest BCUT2D eigenvalue weighted by Crippen LogP contribution is -2.11. The van der Waals surface area contributed by atoms with Gasteiger partial charge in [0.15, 0.2) is 20.8 Å². The molecule has 3 rings (SSSR count). The Balaban J connectivity index is 1.98. The second kappa shape index (κ2) is 8.27. The summed E-state index contributed by atoms with van der Waals surface area (Å²) in [6.07, 6.45) is 0. The number of para-hydroxylation sites is 1. The molecule has 2 aromatic carbocycles. The molecule has 27 heavy (non-hydrogen) atoms. The zero-order valence-electron chi connectivity index (χ0n) is 15.7. The van der Waals surface area contributed by atoms with Crippen LogP contribution in [0.25, 0.3) is 5.69 Å². The van der Waals surface area contributed by atoms with Crippen LogP contribution in [0.5, 0.6) is 0 Å². The van der Waals surface area contributed by atoms with Gasteiger partial charge in [0.1, 0.15) is 5.75 Å². The molecule has 0 radical (unpaired) electrons. The number of aryl methyl sites for hydroxylation is 1. The molecular weight excluding hydrogens is 378 g/mol. The van der Waals surface area contributed by atoms with E-state index in [0.29, 0.717) is 21.8 Å². The maximum atomic E-state index is 12.9. The predicted molar refractivity (Wildman–Crippen MR) is 109 cm³/mol. The summed E-state index contributed by atoms with van der Waals surface area (Å²) >= 11 is 1.59. The number of sulfone groups is 1. The van der Waals surface area contributed by atoms with Crippen LogP contribution in [0.4, 0.5) is 0 Å². The normalized spacial score (nSPS) is 11.9. The first-order valence-corrected chi connectivity index (χ1v) is 11.4. The summed E-state index contributed by atoms with van der Waals surface area (Å²) in [5, 5.41) is 9.19. The molecule has 0 amide bonds. The van der Waals surface area contributed by atoms with Gasteiger partial charge in [-0.1, -0.05) is 61.5 Å². The highest BCUT2D eigenvalue weighted by atomic mass is 32.2. The zero-order valence-corrected chi connectivity index (χ0v) is 17.3. The Hall–Kier alpha value is -2.12. The molecule has 0 unspecified atom stereocenters. The summed E-state index contributed by atoms with van der Waals surface area (Å²) < 4.78 is 27.6. The Morgan fingerprint density at radius 2 is 1.67 bits per heavy atom. The van der Waals surface area contributed by atoms with E-state index in [0.717, 1.165) is 17.0 Å². The Morgan fingerprint density at radius 1 is 1.00 bits per heavy atom. The lowest BCUT2D eigenvalue weighted by molar-refractivity contribution is 0.593. The third kappa shape index (κ3) is 4.78. The van der Waals surface area contributed by atoms with Crippen LogP contribution in [0, 0.1) is 12.8 Å². The highest BCUT2D eigenvalue weighted by Gasteiger charge is 2.22. The first-order valence-electron chi connectivity index (χ1n) is 8.79.